The number of nitrogens with zero attached hydrogens (tertiary/aromatic N) is 2. The zero-order valence-electron chi connectivity index (χ0n) is 13.9. The predicted molar refractivity (Wildman–Crippen MR) is 96.1 cm³/mol. The summed E-state index contributed by atoms with van der Waals surface area (Å²) in [6, 6.07) is 8.86. The van der Waals surface area contributed by atoms with Crippen molar-refractivity contribution in [2.75, 3.05) is 14.2 Å². The molecule has 0 radical (unpaired) electrons. The van der Waals surface area contributed by atoms with Gasteiger partial charge in [-0.15, -0.1) is 11.3 Å². The zero-order valence-corrected chi connectivity index (χ0v) is 14.7. The summed E-state index contributed by atoms with van der Waals surface area (Å²) < 4.78 is 10.4. The average Bonchev–Trinajstić information content (AvgIpc) is 3.15. The first kappa shape index (κ1) is 16.9. The lowest BCUT2D eigenvalue weighted by atomic mass is 10.2. The van der Waals surface area contributed by atoms with Crippen molar-refractivity contribution in [3.63, 3.8) is 0 Å². The van der Waals surface area contributed by atoms with Crippen LogP contribution in [0.25, 0.3) is 11.3 Å². The molecule has 0 aliphatic rings. The van der Waals surface area contributed by atoms with Gasteiger partial charge in [-0.1, -0.05) is 0 Å². The second kappa shape index (κ2) is 7.76. The molecule has 0 saturated heterocycles. The van der Waals surface area contributed by atoms with Gasteiger partial charge in [0.1, 0.15) is 5.01 Å². The molecule has 1 aromatic carbocycles. The van der Waals surface area contributed by atoms with Gasteiger partial charge < -0.3 is 14.8 Å². The van der Waals surface area contributed by atoms with Crippen LogP contribution in [0.4, 0.5) is 0 Å². The summed E-state index contributed by atoms with van der Waals surface area (Å²) in [5.74, 6) is 0.909. The van der Waals surface area contributed by atoms with Gasteiger partial charge in [-0.2, -0.15) is 0 Å². The quantitative estimate of drug-likeness (QED) is 0.735. The molecule has 1 amide bonds. The topological polar surface area (TPSA) is 73.3 Å². The molecule has 0 fully saturated rings. The van der Waals surface area contributed by atoms with E-state index in [9.17, 15) is 4.79 Å². The summed E-state index contributed by atoms with van der Waals surface area (Å²) in [7, 11) is 3.09. The molecule has 1 N–H and O–H groups in total. The monoisotopic (exact) mass is 355 g/mol. The van der Waals surface area contributed by atoms with Crippen LogP contribution in [-0.4, -0.2) is 30.1 Å². The van der Waals surface area contributed by atoms with Crippen molar-refractivity contribution in [3.05, 3.63) is 58.7 Å². The van der Waals surface area contributed by atoms with Crippen molar-refractivity contribution in [1.82, 2.24) is 15.3 Å². The zero-order chi connectivity index (χ0) is 17.6. The van der Waals surface area contributed by atoms with Crippen LogP contribution in [0.2, 0.25) is 0 Å². The number of nitrogens with one attached hydrogen (secondary N) is 1. The first-order chi connectivity index (χ1) is 12.2. The van der Waals surface area contributed by atoms with E-state index in [1.165, 1.54) is 18.4 Å². The van der Waals surface area contributed by atoms with Crippen LogP contribution < -0.4 is 14.8 Å². The van der Waals surface area contributed by atoms with Gasteiger partial charge in [0.25, 0.3) is 5.91 Å². The van der Waals surface area contributed by atoms with Gasteiger partial charge in [-0.3, -0.25) is 9.78 Å². The van der Waals surface area contributed by atoms with Gasteiger partial charge >= 0.3 is 0 Å². The average molecular weight is 355 g/mol. The molecule has 3 aromatic rings. The van der Waals surface area contributed by atoms with Crippen molar-refractivity contribution in [2.24, 2.45) is 0 Å². The molecule has 0 spiro atoms. The second-order valence-corrected chi connectivity index (χ2v) is 6.06. The number of amides is 1. The molecule has 2 heterocycles. The number of methoxy groups -OCH3 is 2. The van der Waals surface area contributed by atoms with E-state index in [1.807, 2.05) is 17.5 Å². The van der Waals surface area contributed by atoms with Crippen molar-refractivity contribution in [2.45, 2.75) is 6.54 Å². The molecule has 7 heteroatoms. The lowest BCUT2D eigenvalue weighted by Gasteiger charge is -2.09. The first-order valence-electron chi connectivity index (χ1n) is 7.56. The number of rotatable bonds is 6. The molecular formula is C18H17N3O3S. The predicted octanol–water partition coefficient (Wildman–Crippen LogP) is 3.15. The SMILES string of the molecule is COc1ccc(C(=O)NCc2nc(-c3ccncc3)cs2)cc1OC. The number of carbonyl (C=O) groups excluding carboxylic acids is 1. The molecule has 3 rings (SSSR count). The summed E-state index contributed by atoms with van der Waals surface area (Å²) in [6.07, 6.45) is 3.46. The number of ether oxygens (including phenoxy) is 2. The normalized spacial score (nSPS) is 10.3. The van der Waals surface area contributed by atoms with E-state index in [0.29, 0.717) is 23.6 Å². The number of hydrogen-bond donors (Lipinski definition) is 1. The Bertz CT molecular complexity index is 865. The summed E-state index contributed by atoms with van der Waals surface area (Å²) in [6.45, 7) is 0.364. The first-order valence-corrected chi connectivity index (χ1v) is 8.44. The molecule has 0 unspecified atom stereocenters. The van der Waals surface area contributed by atoms with Crippen LogP contribution in [0.15, 0.2) is 48.1 Å². The molecule has 0 saturated carbocycles. The number of pyridine rings is 1. The van der Waals surface area contributed by atoms with Gasteiger partial charge in [0.15, 0.2) is 11.5 Å². The summed E-state index contributed by atoms with van der Waals surface area (Å²) >= 11 is 1.50. The molecule has 0 atom stereocenters. The second-order valence-electron chi connectivity index (χ2n) is 5.11. The number of benzene rings is 1. The largest absolute Gasteiger partial charge is 0.493 e. The fourth-order valence-corrected chi connectivity index (χ4v) is 3.03. The Balaban J connectivity index is 1.66. The van der Waals surface area contributed by atoms with E-state index in [1.54, 1.807) is 37.7 Å². The van der Waals surface area contributed by atoms with Gasteiger partial charge in [-0.05, 0) is 30.3 Å². The van der Waals surface area contributed by atoms with Crippen molar-refractivity contribution < 1.29 is 14.3 Å². The maximum Gasteiger partial charge on any atom is 0.251 e. The van der Waals surface area contributed by atoms with E-state index < -0.39 is 0 Å². The fraction of sp³-hybridized carbons (Fsp3) is 0.167. The smallest absolute Gasteiger partial charge is 0.251 e. The molecule has 0 aliphatic carbocycles. The third-order valence-electron chi connectivity index (χ3n) is 3.57. The number of thiazole rings is 1. The Morgan fingerprint density at radius 3 is 2.60 bits per heavy atom. The summed E-state index contributed by atoms with van der Waals surface area (Å²) in [5.41, 5.74) is 2.38. The van der Waals surface area contributed by atoms with Crippen LogP contribution in [0.3, 0.4) is 0 Å². The Morgan fingerprint density at radius 2 is 1.88 bits per heavy atom. The van der Waals surface area contributed by atoms with Crippen molar-refractivity contribution in [1.29, 1.82) is 0 Å². The molecule has 25 heavy (non-hydrogen) atoms. The number of aromatic nitrogens is 2. The van der Waals surface area contributed by atoms with E-state index in [4.69, 9.17) is 9.47 Å². The van der Waals surface area contributed by atoms with Crippen molar-refractivity contribution in [3.8, 4) is 22.8 Å². The van der Waals surface area contributed by atoms with Gasteiger partial charge in [0, 0.05) is 28.9 Å². The molecular weight excluding hydrogens is 338 g/mol. The van der Waals surface area contributed by atoms with Crippen LogP contribution in [0.1, 0.15) is 15.4 Å². The Morgan fingerprint density at radius 1 is 1.12 bits per heavy atom. The van der Waals surface area contributed by atoms with Crippen LogP contribution in [0.5, 0.6) is 11.5 Å². The Kier molecular flexibility index (Phi) is 5.25. The maximum absolute atomic E-state index is 12.3. The third-order valence-corrected chi connectivity index (χ3v) is 4.42. The van der Waals surface area contributed by atoms with Crippen LogP contribution >= 0.6 is 11.3 Å². The van der Waals surface area contributed by atoms with Crippen LogP contribution in [-0.2, 0) is 6.54 Å². The summed E-state index contributed by atoms with van der Waals surface area (Å²) in [4.78, 5) is 20.9. The highest BCUT2D eigenvalue weighted by Gasteiger charge is 2.11. The highest BCUT2D eigenvalue weighted by Crippen LogP contribution is 2.27. The van der Waals surface area contributed by atoms with E-state index in [-0.39, 0.29) is 5.91 Å². The molecule has 0 aliphatic heterocycles. The Hall–Kier alpha value is -2.93. The highest BCUT2D eigenvalue weighted by atomic mass is 32.1. The minimum atomic E-state index is -0.193. The molecule has 6 nitrogen and oxygen atoms in total. The minimum absolute atomic E-state index is 0.193. The highest BCUT2D eigenvalue weighted by molar-refractivity contribution is 7.09. The fourth-order valence-electron chi connectivity index (χ4n) is 2.28. The van der Waals surface area contributed by atoms with Gasteiger partial charge in [0.2, 0.25) is 0 Å². The molecule has 2 aromatic heterocycles. The van der Waals surface area contributed by atoms with E-state index >= 15 is 0 Å². The molecule has 128 valence electrons. The van der Waals surface area contributed by atoms with E-state index in [2.05, 4.69) is 15.3 Å². The lowest BCUT2D eigenvalue weighted by Crippen LogP contribution is -2.22. The van der Waals surface area contributed by atoms with Gasteiger partial charge in [-0.25, -0.2) is 4.98 Å². The lowest BCUT2D eigenvalue weighted by molar-refractivity contribution is 0.0950. The Labute approximate surface area is 149 Å². The van der Waals surface area contributed by atoms with Crippen LogP contribution in [0, 0.1) is 0 Å². The number of hydrogen-bond acceptors (Lipinski definition) is 6. The minimum Gasteiger partial charge on any atom is -0.493 e. The number of carbonyl (C=O) groups is 1. The summed E-state index contributed by atoms with van der Waals surface area (Å²) in [5, 5.41) is 5.67. The van der Waals surface area contributed by atoms with E-state index in [0.717, 1.165) is 16.3 Å². The standard InChI is InChI=1S/C18H17N3O3S/c1-23-15-4-3-13(9-16(15)24-2)18(22)20-10-17-21-14(11-25-17)12-5-7-19-8-6-12/h3-9,11H,10H2,1-2H3,(H,20,22). The third kappa shape index (κ3) is 3.95. The van der Waals surface area contributed by atoms with Gasteiger partial charge in [0.05, 0.1) is 26.5 Å². The van der Waals surface area contributed by atoms with Crippen molar-refractivity contribution >= 4 is 17.2 Å². The maximum atomic E-state index is 12.3. The molecule has 0 bridgehead atoms.